The second-order valence-corrected chi connectivity index (χ2v) is 3.12. The van der Waals surface area contributed by atoms with Crippen molar-refractivity contribution < 1.29 is 10.2 Å². The molecular formula is C7H15NO2. The first-order valence-electron chi connectivity index (χ1n) is 3.75. The van der Waals surface area contributed by atoms with Crippen molar-refractivity contribution >= 4 is 0 Å². The topological polar surface area (TPSA) is 66.5 Å². The van der Waals surface area contributed by atoms with E-state index in [2.05, 4.69) is 0 Å². The highest BCUT2D eigenvalue weighted by atomic mass is 16.3. The SMILES string of the molecule is NC1CC(CO)C(CO)C1. The van der Waals surface area contributed by atoms with Gasteiger partial charge in [0.1, 0.15) is 0 Å². The van der Waals surface area contributed by atoms with Crippen LogP contribution in [0.1, 0.15) is 12.8 Å². The van der Waals surface area contributed by atoms with Gasteiger partial charge in [0.2, 0.25) is 0 Å². The predicted molar refractivity (Wildman–Crippen MR) is 38.4 cm³/mol. The zero-order valence-corrected chi connectivity index (χ0v) is 6.03. The van der Waals surface area contributed by atoms with Crippen LogP contribution in [0.15, 0.2) is 0 Å². The van der Waals surface area contributed by atoms with Crippen LogP contribution in [0.2, 0.25) is 0 Å². The molecule has 0 saturated heterocycles. The van der Waals surface area contributed by atoms with Crippen LogP contribution in [-0.4, -0.2) is 29.5 Å². The zero-order chi connectivity index (χ0) is 7.56. The van der Waals surface area contributed by atoms with E-state index < -0.39 is 0 Å². The minimum atomic E-state index is 0.166. The summed E-state index contributed by atoms with van der Waals surface area (Å²) in [6.07, 6.45) is 1.73. The largest absolute Gasteiger partial charge is 0.396 e. The van der Waals surface area contributed by atoms with Crippen LogP contribution in [0.25, 0.3) is 0 Å². The molecule has 1 aliphatic carbocycles. The zero-order valence-electron chi connectivity index (χ0n) is 6.03. The Balaban J connectivity index is 2.41. The van der Waals surface area contributed by atoms with Crippen molar-refractivity contribution in [3.8, 4) is 0 Å². The number of hydrogen-bond acceptors (Lipinski definition) is 3. The Morgan fingerprint density at radius 3 is 1.80 bits per heavy atom. The van der Waals surface area contributed by atoms with Gasteiger partial charge in [0, 0.05) is 19.3 Å². The van der Waals surface area contributed by atoms with Crippen LogP contribution < -0.4 is 5.73 Å². The van der Waals surface area contributed by atoms with E-state index in [-0.39, 0.29) is 31.1 Å². The highest BCUT2D eigenvalue weighted by molar-refractivity contribution is 4.84. The number of nitrogens with two attached hydrogens (primary N) is 1. The lowest BCUT2D eigenvalue weighted by Gasteiger charge is -2.12. The summed E-state index contributed by atoms with van der Waals surface area (Å²) in [5.41, 5.74) is 5.64. The molecule has 3 heteroatoms. The van der Waals surface area contributed by atoms with Crippen molar-refractivity contribution in [3.05, 3.63) is 0 Å². The van der Waals surface area contributed by atoms with Gasteiger partial charge in [-0.05, 0) is 24.7 Å². The van der Waals surface area contributed by atoms with E-state index in [9.17, 15) is 0 Å². The summed E-state index contributed by atoms with van der Waals surface area (Å²) < 4.78 is 0. The highest BCUT2D eigenvalue weighted by Crippen LogP contribution is 2.29. The van der Waals surface area contributed by atoms with Gasteiger partial charge in [-0.1, -0.05) is 0 Å². The summed E-state index contributed by atoms with van der Waals surface area (Å²) in [5.74, 6) is 0.472. The summed E-state index contributed by atoms with van der Waals surface area (Å²) in [6, 6.07) is 0.189. The summed E-state index contributed by atoms with van der Waals surface area (Å²) in [4.78, 5) is 0. The molecule has 60 valence electrons. The Bertz CT molecular complexity index is 95.8. The summed E-state index contributed by atoms with van der Waals surface area (Å²) in [6.45, 7) is 0.331. The molecule has 0 heterocycles. The van der Waals surface area contributed by atoms with Crippen molar-refractivity contribution in [2.24, 2.45) is 17.6 Å². The Morgan fingerprint density at radius 1 is 1.10 bits per heavy atom. The first-order valence-corrected chi connectivity index (χ1v) is 3.75. The van der Waals surface area contributed by atoms with Gasteiger partial charge < -0.3 is 15.9 Å². The molecule has 1 aliphatic rings. The van der Waals surface area contributed by atoms with Crippen LogP contribution in [0, 0.1) is 11.8 Å². The average Bonchev–Trinajstić information content (AvgIpc) is 2.30. The first-order chi connectivity index (χ1) is 4.77. The Hall–Kier alpha value is -0.120. The minimum Gasteiger partial charge on any atom is -0.396 e. The summed E-state index contributed by atoms with van der Waals surface area (Å²) in [5, 5.41) is 17.6. The first kappa shape index (κ1) is 7.98. The van der Waals surface area contributed by atoms with E-state index in [4.69, 9.17) is 15.9 Å². The normalized spacial score (nSPS) is 40.5. The van der Waals surface area contributed by atoms with E-state index >= 15 is 0 Å². The molecule has 0 aromatic rings. The Kier molecular flexibility index (Phi) is 2.65. The van der Waals surface area contributed by atoms with Crippen LogP contribution in [0.4, 0.5) is 0 Å². The maximum atomic E-state index is 8.82. The van der Waals surface area contributed by atoms with Gasteiger partial charge in [-0.25, -0.2) is 0 Å². The molecule has 0 aromatic carbocycles. The minimum absolute atomic E-state index is 0.166. The molecule has 4 N–H and O–H groups in total. The van der Waals surface area contributed by atoms with Gasteiger partial charge in [0.25, 0.3) is 0 Å². The van der Waals surface area contributed by atoms with Gasteiger partial charge in [-0.2, -0.15) is 0 Å². The lowest BCUT2D eigenvalue weighted by molar-refractivity contribution is 0.141. The van der Waals surface area contributed by atoms with E-state index in [0.717, 1.165) is 12.8 Å². The standard InChI is InChI=1S/C7H15NO2/c8-7-1-5(3-9)6(2-7)4-10/h5-7,9-10H,1-4,8H2. The molecular weight excluding hydrogens is 130 g/mol. The molecule has 1 rings (SSSR count). The fourth-order valence-electron chi connectivity index (χ4n) is 1.71. The van der Waals surface area contributed by atoms with E-state index in [1.54, 1.807) is 0 Å². The lowest BCUT2D eigenvalue weighted by atomic mass is 9.98. The van der Waals surface area contributed by atoms with Gasteiger partial charge >= 0.3 is 0 Å². The van der Waals surface area contributed by atoms with Crippen LogP contribution in [0.5, 0.6) is 0 Å². The third-order valence-corrected chi connectivity index (χ3v) is 2.35. The van der Waals surface area contributed by atoms with Crippen molar-refractivity contribution in [1.29, 1.82) is 0 Å². The van der Waals surface area contributed by atoms with Crippen molar-refractivity contribution in [2.45, 2.75) is 18.9 Å². The molecule has 1 fully saturated rings. The van der Waals surface area contributed by atoms with Gasteiger partial charge in [-0.3, -0.25) is 0 Å². The average molecular weight is 145 g/mol. The summed E-state index contributed by atoms with van der Waals surface area (Å²) >= 11 is 0. The van der Waals surface area contributed by atoms with Gasteiger partial charge in [0.15, 0.2) is 0 Å². The molecule has 0 aromatic heterocycles. The maximum absolute atomic E-state index is 8.82. The third-order valence-electron chi connectivity index (χ3n) is 2.35. The van der Waals surface area contributed by atoms with Crippen LogP contribution in [-0.2, 0) is 0 Å². The number of aliphatic hydroxyl groups excluding tert-OH is 2. The number of aliphatic hydroxyl groups is 2. The Labute approximate surface area is 60.9 Å². The molecule has 10 heavy (non-hydrogen) atoms. The molecule has 2 unspecified atom stereocenters. The van der Waals surface area contributed by atoms with Gasteiger partial charge in [0.05, 0.1) is 0 Å². The molecule has 0 bridgehead atoms. The summed E-state index contributed by atoms with van der Waals surface area (Å²) in [7, 11) is 0. The highest BCUT2D eigenvalue weighted by Gasteiger charge is 2.30. The van der Waals surface area contributed by atoms with Crippen molar-refractivity contribution in [2.75, 3.05) is 13.2 Å². The lowest BCUT2D eigenvalue weighted by Crippen LogP contribution is -2.15. The van der Waals surface area contributed by atoms with E-state index in [0.29, 0.717) is 0 Å². The van der Waals surface area contributed by atoms with Crippen molar-refractivity contribution in [3.63, 3.8) is 0 Å². The number of hydrogen-bond donors (Lipinski definition) is 3. The molecule has 2 atom stereocenters. The third kappa shape index (κ3) is 1.48. The molecule has 0 aliphatic heterocycles. The fraction of sp³-hybridized carbons (Fsp3) is 1.00. The Morgan fingerprint density at radius 2 is 1.50 bits per heavy atom. The van der Waals surface area contributed by atoms with E-state index in [1.807, 2.05) is 0 Å². The number of rotatable bonds is 2. The van der Waals surface area contributed by atoms with Gasteiger partial charge in [-0.15, -0.1) is 0 Å². The quantitative estimate of drug-likeness (QED) is 0.482. The molecule has 0 radical (unpaired) electrons. The molecule has 3 nitrogen and oxygen atoms in total. The van der Waals surface area contributed by atoms with Crippen LogP contribution in [0.3, 0.4) is 0 Å². The van der Waals surface area contributed by atoms with Crippen molar-refractivity contribution in [1.82, 2.24) is 0 Å². The molecule has 1 saturated carbocycles. The predicted octanol–water partition coefficient (Wildman–Crippen LogP) is -0.676. The monoisotopic (exact) mass is 145 g/mol. The second kappa shape index (κ2) is 3.32. The van der Waals surface area contributed by atoms with Crippen LogP contribution >= 0.6 is 0 Å². The fourth-order valence-corrected chi connectivity index (χ4v) is 1.71. The maximum Gasteiger partial charge on any atom is 0.0463 e. The molecule has 0 spiro atoms. The smallest absolute Gasteiger partial charge is 0.0463 e. The second-order valence-electron chi connectivity index (χ2n) is 3.12. The van der Waals surface area contributed by atoms with E-state index in [1.165, 1.54) is 0 Å². The molecule has 0 amide bonds.